The highest BCUT2D eigenvalue weighted by Crippen LogP contribution is 2.42. The number of amides is 1. The molecule has 1 amide bonds. The van der Waals surface area contributed by atoms with Crippen molar-refractivity contribution in [1.82, 2.24) is 4.90 Å². The lowest BCUT2D eigenvalue weighted by Crippen LogP contribution is -2.29. The molecular weight excluding hydrogens is 448 g/mol. The third kappa shape index (κ3) is 4.03. The Labute approximate surface area is 201 Å². The van der Waals surface area contributed by atoms with Crippen LogP contribution in [0.5, 0.6) is 5.75 Å². The number of rotatable bonds is 5. The fraction of sp³-hybridized carbons (Fsp3) is 0.185. The third-order valence-corrected chi connectivity index (χ3v) is 6.30. The second-order valence-electron chi connectivity index (χ2n) is 8.72. The number of fused-ring (bicyclic) bond motifs is 1. The molecule has 176 valence electrons. The van der Waals surface area contributed by atoms with E-state index >= 15 is 0 Å². The lowest BCUT2D eigenvalue weighted by molar-refractivity contribution is -0.384. The normalized spacial score (nSPS) is 20.5. The lowest BCUT2D eigenvalue weighted by atomic mass is 9.94. The van der Waals surface area contributed by atoms with Crippen LogP contribution in [0.2, 0.25) is 0 Å². The summed E-state index contributed by atoms with van der Waals surface area (Å²) in [4.78, 5) is 38.6. The summed E-state index contributed by atoms with van der Waals surface area (Å²) in [6.45, 7) is 2.04. The van der Waals surface area contributed by atoms with E-state index in [1.807, 2.05) is 37.3 Å². The minimum absolute atomic E-state index is 0.00344. The number of carbonyl (C=O) groups excluding carboxylic acids is 2. The van der Waals surface area contributed by atoms with Crippen LogP contribution in [0.25, 0.3) is 5.76 Å². The Morgan fingerprint density at radius 1 is 1.09 bits per heavy atom. The van der Waals surface area contributed by atoms with Gasteiger partial charge >= 0.3 is 0 Å². The Bertz CT molecular complexity index is 1380. The van der Waals surface area contributed by atoms with Crippen LogP contribution in [-0.2, 0) is 22.6 Å². The van der Waals surface area contributed by atoms with Gasteiger partial charge in [0.1, 0.15) is 17.6 Å². The van der Waals surface area contributed by atoms with Gasteiger partial charge < -0.3 is 14.7 Å². The van der Waals surface area contributed by atoms with Gasteiger partial charge in [-0.2, -0.15) is 0 Å². The van der Waals surface area contributed by atoms with Crippen LogP contribution in [0, 0.1) is 10.1 Å². The van der Waals surface area contributed by atoms with Crippen molar-refractivity contribution in [2.24, 2.45) is 0 Å². The van der Waals surface area contributed by atoms with Crippen molar-refractivity contribution in [3.05, 3.63) is 111 Å². The van der Waals surface area contributed by atoms with Crippen LogP contribution in [0.1, 0.15) is 35.2 Å². The molecule has 2 aliphatic heterocycles. The predicted molar refractivity (Wildman–Crippen MR) is 128 cm³/mol. The van der Waals surface area contributed by atoms with Crippen LogP contribution in [-0.4, -0.2) is 32.7 Å². The molecule has 0 unspecified atom stereocenters. The summed E-state index contributed by atoms with van der Waals surface area (Å²) in [6, 6.07) is 19.1. The van der Waals surface area contributed by atoms with E-state index in [2.05, 4.69) is 0 Å². The number of Topliss-reactive ketones (excluding diaryl/α,β-unsaturated/α-hetero) is 1. The summed E-state index contributed by atoms with van der Waals surface area (Å²) in [7, 11) is 0. The summed E-state index contributed by atoms with van der Waals surface area (Å²) in [5.74, 6) is -1.21. The summed E-state index contributed by atoms with van der Waals surface area (Å²) in [5.41, 5.74) is 2.17. The molecule has 0 aromatic heterocycles. The number of aliphatic hydroxyl groups is 1. The van der Waals surface area contributed by atoms with Crippen molar-refractivity contribution in [3.63, 3.8) is 0 Å². The standard InChI is InChI=1S/C27H22N2O6/c1-16-12-20-13-19(10-11-22(20)35-16)25(30)23-24(18-8-5-9-21(14-18)29(33)34)28(27(32)26(23)31)15-17-6-3-2-4-7-17/h2-11,13-14,16,24,30H,12,15H2,1H3/b25-23+/t16-,24-/m1/s1. The SMILES string of the molecule is C[C@@H]1Cc2cc(/C(O)=C3\C(=O)C(=O)N(Cc4ccccc4)[C@@H]3c3cccc([N+](=O)[O-])c3)ccc2O1. The minimum Gasteiger partial charge on any atom is -0.507 e. The van der Waals surface area contributed by atoms with E-state index < -0.39 is 22.7 Å². The Morgan fingerprint density at radius 3 is 2.60 bits per heavy atom. The number of non-ortho nitro benzene ring substituents is 1. The van der Waals surface area contributed by atoms with E-state index in [-0.39, 0.29) is 29.7 Å². The molecule has 0 spiro atoms. The van der Waals surface area contributed by atoms with E-state index in [0.717, 1.165) is 11.1 Å². The molecule has 1 N–H and O–H groups in total. The average molecular weight is 470 g/mol. The first kappa shape index (κ1) is 22.3. The van der Waals surface area contributed by atoms with Crippen molar-refractivity contribution in [3.8, 4) is 5.75 Å². The molecule has 1 fully saturated rings. The minimum atomic E-state index is -0.987. The quantitative estimate of drug-likeness (QED) is 0.193. The fourth-order valence-corrected chi connectivity index (χ4v) is 4.70. The smallest absolute Gasteiger partial charge is 0.295 e. The summed E-state index contributed by atoms with van der Waals surface area (Å²) in [6.07, 6.45) is 0.663. The number of ketones is 1. The zero-order valence-electron chi connectivity index (χ0n) is 18.9. The summed E-state index contributed by atoms with van der Waals surface area (Å²) in [5, 5.41) is 22.7. The number of nitro groups is 1. The summed E-state index contributed by atoms with van der Waals surface area (Å²) < 4.78 is 5.72. The van der Waals surface area contributed by atoms with Crippen LogP contribution < -0.4 is 4.74 Å². The molecule has 2 heterocycles. The molecule has 8 nitrogen and oxygen atoms in total. The molecule has 0 aliphatic carbocycles. The number of carbonyl (C=O) groups is 2. The number of ether oxygens (including phenoxy) is 1. The number of likely N-dealkylation sites (tertiary alicyclic amines) is 1. The van der Waals surface area contributed by atoms with E-state index in [0.29, 0.717) is 23.3 Å². The first-order valence-electron chi connectivity index (χ1n) is 11.2. The van der Waals surface area contributed by atoms with E-state index in [4.69, 9.17) is 4.74 Å². The summed E-state index contributed by atoms with van der Waals surface area (Å²) >= 11 is 0. The topological polar surface area (TPSA) is 110 Å². The Morgan fingerprint density at radius 2 is 1.86 bits per heavy atom. The molecule has 3 aromatic carbocycles. The number of benzene rings is 3. The van der Waals surface area contributed by atoms with E-state index in [1.165, 1.54) is 23.1 Å². The number of nitrogens with zero attached hydrogens (tertiary/aromatic N) is 2. The number of hydrogen-bond donors (Lipinski definition) is 1. The average Bonchev–Trinajstić information content (AvgIpc) is 3.35. The molecule has 0 radical (unpaired) electrons. The van der Waals surface area contributed by atoms with Gasteiger partial charge in [0.2, 0.25) is 0 Å². The molecule has 5 rings (SSSR count). The van der Waals surface area contributed by atoms with Crippen LogP contribution in [0.4, 0.5) is 5.69 Å². The largest absolute Gasteiger partial charge is 0.507 e. The second-order valence-corrected chi connectivity index (χ2v) is 8.72. The highest BCUT2D eigenvalue weighted by molar-refractivity contribution is 6.46. The molecule has 8 heteroatoms. The van der Waals surface area contributed by atoms with Gasteiger partial charge in [0, 0.05) is 30.7 Å². The predicted octanol–water partition coefficient (Wildman–Crippen LogP) is 4.54. The van der Waals surface area contributed by atoms with Gasteiger partial charge in [-0.15, -0.1) is 0 Å². The Balaban J connectivity index is 1.65. The van der Waals surface area contributed by atoms with Gasteiger partial charge in [-0.3, -0.25) is 19.7 Å². The molecule has 3 aromatic rings. The molecule has 2 atom stereocenters. The molecule has 35 heavy (non-hydrogen) atoms. The van der Waals surface area contributed by atoms with Gasteiger partial charge in [-0.25, -0.2) is 0 Å². The van der Waals surface area contributed by atoms with Gasteiger partial charge in [-0.1, -0.05) is 42.5 Å². The van der Waals surface area contributed by atoms with Crippen molar-refractivity contribution in [2.45, 2.75) is 32.0 Å². The Kier molecular flexibility index (Phi) is 5.56. The molecule has 2 aliphatic rings. The molecule has 0 saturated carbocycles. The van der Waals surface area contributed by atoms with Crippen LogP contribution in [0.15, 0.2) is 78.4 Å². The maximum absolute atomic E-state index is 13.2. The number of hydrogen-bond acceptors (Lipinski definition) is 6. The van der Waals surface area contributed by atoms with Gasteiger partial charge in [-0.05, 0) is 41.8 Å². The Hall–Kier alpha value is -4.46. The zero-order chi connectivity index (χ0) is 24.7. The van der Waals surface area contributed by atoms with E-state index in [1.54, 1.807) is 24.3 Å². The van der Waals surface area contributed by atoms with E-state index in [9.17, 15) is 24.8 Å². The lowest BCUT2D eigenvalue weighted by Gasteiger charge is -2.25. The van der Waals surface area contributed by atoms with Crippen molar-refractivity contribution >= 4 is 23.1 Å². The zero-order valence-corrected chi connectivity index (χ0v) is 18.9. The number of aliphatic hydroxyl groups excluding tert-OH is 1. The second kappa shape index (κ2) is 8.72. The van der Waals surface area contributed by atoms with Crippen molar-refractivity contribution in [1.29, 1.82) is 0 Å². The fourth-order valence-electron chi connectivity index (χ4n) is 4.70. The van der Waals surface area contributed by atoms with Gasteiger partial charge in [0.15, 0.2) is 0 Å². The monoisotopic (exact) mass is 470 g/mol. The molecule has 0 bridgehead atoms. The van der Waals surface area contributed by atoms with Gasteiger partial charge in [0.25, 0.3) is 17.4 Å². The van der Waals surface area contributed by atoms with Crippen LogP contribution in [0.3, 0.4) is 0 Å². The highest BCUT2D eigenvalue weighted by Gasteiger charge is 2.46. The molecule has 1 saturated heterocycles. The first-order chi connectivity index (χ1) is 16.8. The highest BCUT2D eigenvalue weighted by atomic mass is 16.6. The molecular formula is C27H22N2O6. The number of nitro benzene ring substituents is 1. The van der Waals surface area contributed by atoms with Crippen molar-refractivity contribution in [2.75, 3.05) is 0 Å². The third-order valence-electron chi connectivity index (χ3n) is 6.30. The maximum atomic E-state index is 13.2. The maximum Gasteiger partial charge on any atom is 0.295 e. The van der Waals surface area contributed by atoms with Crippen LogP contribution >= 0.6 is 0 Å². The van der Waals surface area contributed by atoms with Gasteiger partial charge in [0.05, 0.1) is 16.5 Å². The van der Waals surface area contributed by atoms with Crippen molar-refractivity contribution < 1.29 is 24.4 Å². The first-order valence-corrected chi connectivity index (χ1v) is 11.2.